The lowest BCUT2D eigenvalue weighted by atomic mass is 9.88. The van der Waals surface area contributed by atoms with Crippen LogP contribution >= 0.6 is 0 Å². The van der Waals surface area contributed by atoms with E-state index in [2.05, 4.69) is 20.8 Å². The third-order valence-electron chi connectivity index (χ3n) is 3.76. The van der Waals surface area contributed by atoms with Gasteiger partial charge in [0.25, 0.3) is 0 Å². The van der Waals surface area contributed by atoms with Gasteiger partial charge in [-0.3, -0.25) is 0 Å². The second-order valence-corrected chi connectivity index (χ2v) is 5.33. The van der Waals surface area contributed by atoms with Gasteiger partial charge in [-0.2, -0.15) is 0 Å². The van der Waals surface area contributed by atoms with Crippen LogP contribution in [0.3, 0.4) is 0 Å². The van der Waals surface area contributed by atoms with Crippen molar-refractivity contribution in [2.24, 2.45) is 5.92 Å². The Hall–Kier alpha value is -0.0800. The van der Waals surface area contributed by atoms with Gasteiger partial charge in [0.15, 0.2) is 0 Å². The average molecular weight is 262 g/mol. The summed E-state index contributed by atoms with van der Waals surface area (Å²) in [6.45, 7) is 6.83. The van der Waals surface area contributed by atoms with Crippen LogP contribution in [0.4, 0.5) is 0 Å². The maximum Gasteiger partial charge on any atom is -0.0417 e. The number of rotatable bonds is 6. The van der Waals surface area contributed by atoms with Crippen molar-refractivity contribution in [3.05, 3.63) is 0 Å². The average Bonchev–Trinajstić information content (AvgIpc) is 2.36. The molecule has 0 bridgehead atoms. The first-order valence-electron chi connectivity index (χ1n) is 7.85. The Bertz CT molecular complexity index is 114. The van der Waals surface area contributed by atoms with Gasteiger partial charge in [-0.05, 0) is 5.92 Å². The van der Waals surface area contributed by atoms with Crippen molar-refractivity contribution in [3.8, 4) is 0 Å². The Morgan fingerprint density at radius 2 is 1.11 bits per heavy atom. The smallest absolute Gasteiger partial charge is 0.0417 e. The molecule has 1 aliphatic carbocycles. The predicted molar refractivity (Wildman–Crippen MR) is 83.1 cm³/mol. The van der Waals surface area contributed by atoms with Crippen LogP contribution < -0.4 is 0 Å². The second-order valence-electron chi connectivity index (χ2n) is 5.33. The second kappa shape index (κ2) is 19.3. The minimum atomic E-state index is 0. The molecule has 18 heavy (non-hydrogen) atoms. The monoisotopic (exact) mass is 262 g/mol. The highest BCUT2D eigenvalue weighted by Crippen LogP contribution is 2.25. The fourth-order valence-corrected chi connectivity index (χ4v) is 2.45. The minimum Gasteiger partial charge on any atom is -0.412 e. The lowest BCUT2D eigenvalue weighted by molar-refractivity contribution is 0.349. The Kier molecular flexibility index (Phi) is 24.7. The Balaban J connectivity index is -0.000000225. The van der Waals surface area contributed by atoms with Crippen LogP contribution in [0.5, 0.6) is 0 Å². The Morgan fingerprint density at radius 3 is 1.39 bits per heavy atom. The molecule has 0 radical (unpaired) electrons. The summed E-state index contributed by atoms with van der Waals surface area (Å²) < 4.78 is 0. The summed E-state index contributed by atoms with van der Waals surface area (Å²) in [4.78, 5) is 0. The van der Waals surface area contributed by atoms with Crippen molar-refractivity contribution in [1.29, 1.82) is 0 Å². The molecule has 4 N–H and O–H groups in total. The summed E-state index contributed by atoms with van der Waals surface area (Å²) in [7, 11) is 0. The normalized spacial score (nSPS) is 14.8. The molecule has 0 aliphatic heterocycles. The molecule has 0 aromatic rings. The van der Waals surface area contributed by atoms with E-state index in [-0.39, 0.29) is 11.0 Å². The van der Waals surface area contributed by atoms with Crippen molar-refractivity contribution >= 4 is 0 Å². The first kappa shape index (κ1) is 23.0. The molecule has 2 heteroatoms. The van der Waals surface area contributed by atoms with Crippen LogP contribution in [0.1, 0.15) is 97.8 Å². The molecule has 1 saturated carbocycles. The molecule has 0 saturated heterocycles. The van der Waals surface area contributed by atoms with Crippen LogP contribution in [0.25, 0.3) is 0 Å². The summed E-state index contributed by atoms with van der Waals surface area (Å²) in [6.07, 6.45) is 17.4. The molecule has 0 aromatic heterocycles. The van der Waals surface area contributed by atoms with Crippen molar-refractivity contribution < 1.29 is 11.0 Å². The van der Waals surface area contributed by atoms with Gasteiger partial charge in [0.1, 0.15) is 0 Å². The first-order valence-corrected chi connectivity index (χ1v) is 7.85. The number of hydrogen-bond donors (Lipinski definition) is 0. The van der Waals surface area contributed by atoms with Crippen molar-refractivity contribution in [1.82, 2.24) is 0 Å². The Morgan fingerprint density at radius 1 is 0.667 bits per heavy atom. The molecule has 0 aromatic carbocycles. The largest absolute Gasteiger partial charge is 0.412 e. The van der Waals surface area contributed by atoms with Gasteiger partial charge >= 0.3 is 0 Å². The van der Waals surface area contributed by atoms with Crippen LogP contribution in [0.2, 0.25) is 0 Å². The summed E-state index contributed by atoms with van der Waals surface area (Å²) in [5.41, 5.74) is 0. The molecule has 0 unspecified atom stereocenters. The number of unbranched alkanes of at least 4 members (excludes halogenated alkanes) is 5. The molecule has 1 rings (SSSR count). The zero-order chi connectivity index (χ0) is 12.1. The quantitative estimate of drug-likeness (QED) is 0.623. The van der Waals surface area contributed by atoms with Crippen molar-refractivity contribution in [2.45, 2.75) is 97.8 Å². The topological polar surface area (TPSA) is 63.0 Å². The number of hydrogen-bond acceptors (Lipinski definition) is 0. The molecule has 1 fully saturated rings. The van der Waals surface area contributed by atoms with Crippen molar-refractivity contribution in [3.63, 3.8) is 0 Å². The zero-order valence-corrected chi connectivity index (χ0v) is 13.1. The zero-order valence-electron chi connectivity index (χ0n) is 13.1. The van der Waals surface area contributed by atoms with E-state index < -0.39 is 0 Å². The van der Waals surface area contributed by atoms with Crippen LogP contribution in [-0.4, -0.2) is 11.0 Å². The van der Waals surface area contributed by atoms with E-state index in [9.17, 15) is 0 Å². The fraction of sp³-hybridized carbons (Fsp3) is 1.00. The highest BCUT2D eigenvalue weighted by Gasteiger charge is 2.09. The SMILES string of the molecule is CCC1CCCCC1.CCCCCCCC.O.O. The van der Waals surface area contributed by atoms with Gasteiger partial charge < -0.3 is 11.0 Å². The summed E-state index contributed by atoms with van der Waals surface area (Å²) in [5, 5.41) is 0. The van der Waals surface area contributed by atoms with E-state index in [1.807, 2.05) is 0 Å². The standard InChI is InChI=1S/C8H16.C8H18.2H2O/c1-2-8-6-4-3-5-7-8;1-3-5-7-8-6-4-2;;/h8H,2-7H2,1H3;3-8H2,1-2H3;2*1H2. The molecule has 2 nitrogen and oxygen atoms in total. The van der Waals surface area contributed by atoms with Gasteiger partial charge in [0.2, 0.25) is 0 Å². The highest BCUT2D eigenvalue weighted by molar-refractivity contribution is 4.63. The van der Waals surface area contributed by atoms with E-state index in [4.69, 9.17) is 0 Å². The molecule has 0 spiro atoms. The van der Waals surface area contributed by atoms with E-state index in [0.29, 0.717) is 0 Å². The van der Waals surface area contributed by atoms with Crippen molar-refractivity contribution in [2.75, 3.05) is 0 Å². The van der Waals surface area contributed by atoms with E-state index in [1.165, 1.54) is 77.0 Å². The Labute approximate surface area is 115 Å². The fourth-order valence-electron chi connectivity index (χ4n) is 2.45. The molecular weight excluding hydrogens is 224 g/mol. The van der Waals surface area contributed by atoms with Gasteiger partial charge in [0, 0.05) is 0 Å². The van der Waals surface area contributed by atoms with Gasteiger partial charge in [-0.25, -0.2) is 0 Å². The van der Waals surface area contributed by atoms with Gasteiger partial charge in [0.05, 0.1) is 0 Å². The first-order chi connectivity index (χ1) is 7.85. The maximum absolute atomic E-state index is 2.32. The molecule has 114 valence electrons. The summed E-state index contributed by atoms with van der Waals surface area (Å²) in [6, 6.07) is 0. The van der Waals surface area contributed by atoms with Crippen LogP contribution in [0.15, 0.2) is 0 Å². The van der Waals surface area contributed by atoms with E-state index in [1.54, 1.807) is 0 Å². The lowest BCUT2D eigenvalue weighted by Crippen LogP contribution is -2.03. The summed E-state index contributed by atoms with van der Waals surface area (Å²) in [5.74, 6) is 1.09. The predicted octanol–water partition coefficient (Wildman–Crippen LogP) is 4.69. The maximum atomic E-state index is 2.32. The van der Waals surface area contributed by atoms with Crippen LogP contribution in [-0.2, 0) is 0 Å². The lowest BCUT2D eigenvalue weighted by Gasteiger charge is -2.18. The molecule has 0 amide bonds. The van der Waals surface area contributed by atoms with Gasteiger partial charge in [-0.1, -0.05) is 97.8 Å². The molecule has 1 aliphatic rings. The van der Waals surface area contributed by atoms with E-state index >= 15 is 0 Å². The third-order valence-corrected chi connectivity index (χ3v) is 3.76. The van der Waals surface area contributed by atoms with E-state index in [0.717, 1.165) is 5.92 Å². The molecule has 0 heterocycles. The highest BCUT2D eigenvalue weighted by atomic mass is 16.0. The molecular formula is C16H38O2. The molecule has 0 atom stereocenters. The minimum absolute atomic E-state index is 0. The van der Waals surface area contributed by atoms with Gasteiger partial charge in [-0.15, -0.1) is 0 Å². The van der Waals surface area contributed by atoms with Crippen LogP contribution in [0, 0.1) is 5.92 Å². The summed E-state index contributed by atoms with van der Waals surface area (Å²) >= 11 is 0. The third kappa shape index (κ3) is 15.9.